The zero-order valence-electron chi connectivity index (χ0n) is 26.2. The Balaban J connectivity index is 1.71. The van der Waals surface area contributed by atoms with E-state index in [0.29, 0.717) is 23.6 Å². The van der Waals surface area contributed by atoms with Crippen LogP contribution in [0.4, 0.5) is 5.69 Å². The first-order valence-corrected chi connectivity index (χ1v) is 16.6. The minimum atomic E-state index is -4.17. The van der Waals surface area contributed by atoms with Crippen molar-refractivity contribution in [2.75, 3.05) is 10.8 Å². The van der Waals surface area contributed by atoms with Gasteiger partial charge in [0.15, 0.2) is 0 Å². The van der Waals surface area contributed by atoms with Gasteiger partial charge >= 0.3 is 0 Å². The van der Waals surface area contributed by atoms with Gasteiger partial charge in [0.1, 0.15) is 24.1 Å². The summed E-state index contributed by atoms with van der Waals surface area (Å²) in [6, 6.07) is 30.7. The number of carbonyl (C=O) groups is 2. The minimum Gasteiger partial charge on any atom is -0.457 e. The summed E-state index contributed by atoms with van der Waals surface area (Å²) < 4.78 is 35.1. The van der Waals surface area contributed by atoms with Crippen LogP contribution in [-0.2, 0) is 26.2 Å². The molecular formula is C36H41N3O5S. The number of sulfonamides is 1. The lowest BCUT2D eigenvalue weighted by molar-refractivity contribution is -0.140. The zero-order valence-corrected chi connectivity index (χ0v) is 27.0. The van der Waals surface area contributed by atoms with Crippen LogP contribution in [0.5, 0.6) is 11.5 Å². The van der Waals surface area contributed by atoms with Gasteiger partial charge in [-0.25, -0.2) is 8.42 Å². The number of amides is 2. The molecule has 0 aromatic heterocycles. The summed E-state index contributed by atoms with van der Waals surface area (Å²) in [6.07, 6.45) is 1.10. The summed E-state index contributed by atoms with van der Waals surface area (Å²) in [4.78, 5) is 29.3. The first kappa shape index (κ1) is 33.3. The first-order chi connectivity index (χ1) is 21.6. The largest absolute Gasteiger partial charge is 0.457 e. The first-order valence-electron chi connectivity index (χ1n) is 15.2. The summed E-state index contributed by atoms with van der Waals surface area (Å²) in [5.41, 5.74) is 2.15. The number of para-hydroxylation sites is 1. The molecule has 45 heavy (non-hydrogen) atoms. The van der Waals surface area contributed by atoms with Gasteiger partial charge < -0.3 is 15.0 Å². The Labute approximate surface area is 266 Å². The Kier molecular flexibility index (Phi) is 11.4. The maximum atomic E-state index is 14.3. The van der Waals surface area contributed by atoms with Crippen LogP contribution in [0.2, 0.25) is 0 Å². The highest BCUT2D eigenvalue weighted by Crippen LogP contribution is 2.28. The molecule has 2 atom stereocenters. The van der Waals surface area contributed by atoms with Crippen LogP contribution in [0.25, 0.3) is 0 Å². The fraction of sp³-hybridized carbons (Fsp3) is 0.278. The van der Waals surface area contributed by atoms with E-state index in [2.05, 4.69) is 5.32 Å². The number of anilines is 1. The van der Waals surface area contributed by atoms with E-state index in [1.54, 1.807) is 42.5 Å². The quantitative estimate of drug-likeness (QED) is 0.168. The highest BCUT2D eigenvalue weighted by Gasteiger charge is 2.34. The highest BCUT2D eigenvalue weighted by molar-refractivity contribution is 7.92. The van der Waals surface area contributed by atoms with E-state index in [1.165, 1.54) is 17.0 Å². The number of hydrogen-bond acceptors (Lipinski definition) is 5. The van der Waals surface area contributed by atoms with Crippen LogP contribution in [0.3, 0.4) is 0 Å². The average Bonchev–Trinajstić information content (AvgIpc) is 3.04. The van der Waals surface area contributed by atoms with Crippen molar-refractivity contribution in [3.05, 3.63) is 120 Å². The van der Waals surface area contributed by atoms with Gasteiger partial charge in [-0.3, -0.25) is 13.9 Å². The number of ether oxygens (including phenoxy) is 1. The zero-order chi connectivity index (χ0) is 32.4. The number of benzene rings is 4. The Morgan fingerprint density at radius 3 is 2.02 bits per heavy atom. The molecule has 0 spiro atoms. The smallest absolute Gasteiger partial charge is 0.264 e. The maximum Gasteiger partial charge on any atom is 0.264 e. The molecule has 0 saturated heterocycles. The predicted molar refractivity (Wildman–Crippen MR) is 178 cm³/mol. The Morgan fingerprint density at radius 2 is 1.42 bits per heavy atom. The van der Waals surface area contributed by atoms with Crippen molar-refractivity contribution >= 4 is 27.5 Å². The molecule has 0 aliphatic rings. The molecule has 0 bridgehead atoms. The van der Waals surface area contributed by atoms with E-state index in [-0.39, 0.29) is 23.4 Å². The lowest BCUT2D eigenvalue weighted by atomic mass is 10.1. The van der Waals surface area contributed by atoms with Crippen molar-refractivity contribution in [2.45, 2.75) is 64.1 Å². The van der Waals surface area contributed by atoms with E-state index < -0.39 is 28.5 Å². The van der Waals surface area contributed by atoms with Crippen molar-refractivity contribution in [3.8, 4) is 11.5 Å². The molecule has 0 fully saturated rings. The standard InChI is InChI=1S/C36H41N3O5S/c1-5-28(4)37-36(41)34(6-2)38(25-29-15-13-14-27(3)24-29)35(40)26-39(45(42,43)33-18-11-8-12-19-33)30-20-22-32(23-21-30)44-31-16-9-7-10-17-31/h7-24,28,34H,5-6,25-26H2,1-4H3,(H,37,41)/t28-,34-/m0/s1. The molecule has 0 heterocycles. The summed E-state index contributed by atoms with van der Waals surface area (Å²) in [5, 5.41) is 3.00. The average molecular weight is 628 g/mol. The van der Waals surface area contributed by atoms with Gasteiger partial charge in [0.05, 0.1) is 10.6 Å². The Hall–Kier alpha value is -4.63. The van der Waals surface area contributed by atoms with Crippen LogP contribution >= 0.6 is 0 Å². The van der Waals surface area contributed by atoms with Crippen LogP contribution < -0.4 is 14.4 Å². The van der Waals surface area contributed by atoms with Crippen molar-refractivity contribution in [1.82, 2.24) is 10.2 Å². The number of aryl methyl sites for hydroxylation is 1. The SMILES string of the molecule is CC[C@H](C)NC(=O)[C@H](CC)N(Cc1cccc(C)c1)C(=O)CN(c1ccc(Oc2ccccc2)cc1)S(=O)(=O)c1ccccc1. The van der Waals surface area contributed by atoms with Gasteiger partial charge in [0, 0.05) is 12.6 Å². The van der Waals surface area contributed by atoms with Crippen LogP contribution in [0.15, 0.2) is 114 Å². The second-order valence-corrected chi connectivity index (χ2v) is 12.8. The lowest BCUT2D eigenvalue weighted by Crippen LogP contribution is -2.53. The molecule has 2 amide bonds. The minimum absolute atomic E-state index is 0.0502. The number of hydrogen-bond donors (Lipinski definition) is 1. The summed E-state index contributed by atoms with van der Waals surface area (Å²) in [5.74, 6) is 0.393. The molecule has 9 heteroatoms. The second-order valence-electron chi connectivity index (χ2n) is 11.0. The Bertz CT molecular complexity index is 1660. The van der Waals surface area contributed by atoms with Gasteiger partial charge in [-0.1, -0.05) is 80.1 Å². The Morgan fingerprint density at radius 1 is 0.800 bits per heavy atom. The van der Waals surface area contributed by atoms with Gasteiger partial charge in [-0.15, -0.1) is 0 Å². The van der Waals surface area contributed by atoms with Crippen LogP contribution in [0.1, 0.15) is 44.7 Å². The third-order valence-electron chi connectivity index (χ3n) is 7.54. The number of rotatable bonds is 14. The van der Waals surface area contributed by atoms with Gasteiger partial charge in [-0.2, -0.15) is 0 Å². The summed E-state index contributed by atoms with van der Waals surface area (Å²) in [7, 11) is -4.17. The second kappa shape index (κ2) is 15.4. The molecule has 0 saturated carbocycles. The monoisotopic (exact) mass is 627 g/mol. The van der Waals surface area contributed by atoms with Crippen LogP contribution in [0, 0.1) is 6.92 Å². The van der Waals surface area contributed by atoms with Crippen LogP contribution in [-0.4, -0.2) is 43.8 Å². The van der Waals surface area contributed by atoms with E-state index in [1.807, 2.05) is 82.3 Å². The molecule has 0 unspecified atom stereocenters. The third-order valence-corrected chi connectivity index (χ3v) is 9.32. The molecule has 8 nitrogen and oxygen atoms in total. The maximum absolute atomic E-state index is 14.3. The van der Waals surface area contributed by atoms with E-state index in [9.17, 15) is 18.0 Å². The lowest BCUT2D eigenvalue weighted by Gasteiger charge is -2.33. The van der Waals surface area contributed by atoms with Crippen molar-refractivity contribution in [3.63, 3.8) is 0 Å². The fourth-order valence-corrected chi connectivity index (χ4v) is 6.36. The van der Waals surface area contributed by atoms with Crippen molar-refractivity contribution in [2.24, 2.45) is 0 Å². The van der Waals surface area contributed by atoms with Gasteiger partial charge in [0.2, 0.25) is 11.8 Å². The van der Waals surface area contributed by atoms with Crippen molar-refractivity contribution < 1.29 is 22.7 Å². The molecule has 236 valence electrons. The van der Waals surface area contributed by atoms with Crippen molar-refractivity contribution in [1.29, 1.82) is 0 Å². The molecule has 1 N–H and O–H groups in total. The molecule has 4 aromatic carbocycles. The molecule has 4 aromatic rings. The third kappa shape index (κ3) is 8.73. The van der Waals surface area contributed by atoms with Gasteiger partial charge in [-0.05, 0) is 80.8 Å². The summed E-state index contributed by atoms with van der Waals surface area (Å²) >= 11 is 0. The highest BCUT2D eigenvalue weighted by atomic mass is 32.2. The topological polar surface area (TPSA) is 96.0 Å². The fourth-order valence-electron chi connectivity index (χ4n) is 4.92. The molecule has 4 rings (SSSR count). The number of carbonyl (C=O) groups excluding carboxylic acids is 2. The number of nitrogens with zero attached hydrogens (tertiary/aromatic N) is 2. The van der Waals surface area contributed by atoms with E-state index >= 15 is 0 Å². The van der Waals surface area contributed by atoms with E-state index in [4.69, 9.17) is 4.74 Å². The van der Waals surface area contributed by atoms with Gasteiger partial charge in [0.25, 0.3) is 10.0 Å². The molecule has 0 aliphatic carbocycles. The molecule has 0 radical (unpaired) electrons. The predicted octanol–water partition coefficient (Wildman–Crippen LogP) is 6.70. The number of nitrogens with one attached hydrogen (secondary N) is 1. The molecular weight excluding hydrogens is 586 g/mol. The van der Waals surface area contributed by atoms with E-state index in [0.717, 1.165) is 21.9 Å². The summed E-state index contributed by atoms with van der Waals surface area (Å²) in [6.45, 7) is 7.34. The molecule has 0 aliphatic heterocycles. The normalized spacial score (nSPS) is 12.5.